The van der Waals surface area contributed by atoms with Gasteiger partial charge in [-0.3, -0.25) is 14.4 Å². The minimum absolute atomic E-state index is 0.0758. The highest BCUT2D eigenvalue weighted by molar-refractivity contribution is 6.01. The first kappa shape index (κ1) is 20.7. The average molecular weight is 448 g/mol. The summed E-state index contributed by atoms with van der Waals surface area (Å²) in [7, 11) is 0. The fourth-order valence-corrected chi connectivity index (χ4v) is 5.17. The van der Waals surface area contributed by atoms with Gasteiger partial charge in [-0.2, -0.15) is 0 Å². The molecule has 1 aromatic carbocycles. The number of amides is 1. The summed E-state index contributed by atoms with van der Waals surface area (Å²) in [6.45, 7) is -0.455. The molecule has 32 heavy (non-hydrogen) atoms. The molecule has 1 aliphatic carbocycles. The Kier molecular flexibility index (Phi) is 4.85. The maximum Gasteiger partial charge on any atom is 0.257 e. The first-order valence-corrected chi connectivity index (χ1v) is 10.3. The maximum atomic E-state index is 13.8. The summed E-state index contributed by atoms with van der Waals surface area (Å²) in [4.78, 5) is 38.3. The Morgan fingerprint density at radius 1 is 1.19 bits per heavy atom. The van der Waals surface area contributed by atoms with E-state index in [0.29, 0.717) is 12.1 Å². The first-order chi connectivity index (χ1) is 15.2. The number of rotatable bonds is 3. The second-order valence-electron chi connectivity index (χ2n) is 8.51. The predicted octanol–water partition coefficient (Wildman–Crippen LogP) is 2.28. The average Bonchev–Trinajstić information content (AvgIpc) is 3.10. The van der Waals surface area contributed by atoms with Gasteiger partial charge in [-0.1, -0.05) is 0 Å². The third-order valence-corrected chi connectivity index (χ3v) is 6.65. The summed E-state index contributed by atoms with van der Waals surface area (Å²) in [5.41, 5.74) is -2.27. The number of hydrogen-bond donors (Lipinski definition) is 2. The number of fused-ring (bicyclic) bond motifs is 5. The van der Waals surface area contributed by atoms with Gasteiger partial charge >= 0.3 is 0 Å². The van der Waals surface area contributed by atoms with E-state index < -0.39 is 64.2 Å². The number of ether oxygens (including phenoxy) is 1. The zero-order valence-corrected chi connectivity index (χ0v) is 16.7. The van der Waals surface area contributed by atoms with E-state index in [2.05, 4.69) is 5.32 Å². The number of hydrogen-bond acceptors (Lipinski definition) is 5. The molecule has 2 aromatic rings. The van der Waals surface area contributed by atoms with Crippen molar-refractivity contribution in [3.05, 3.63) is 62.8 Å². The van der Waals surface area contributed by atoms with Gasteiger partial charge in [0.05, 0.1) is 18.1 Å². The fourth-order valence-electron chi connectivity index (χ4n) is 5.17. The largest absolute Gasteiger partial charge is 0.503 e. The number of carbonyl (C=O) groups is 2. The normalized spacial score (nSPS) is 25.9. The van der Waals surface area contributed by atoms with E-state index in [9.17, 15) is 32.7 Å². The number of aromatic nitrogens is 1. The summed E-state index contributed by atoms with van der Waals surface area (Å²) >= 11 is 0. The third kappa shape index (κ3) is 3.21. The van der Waals surface area contributed by atoms with Crippen LogP contribution in [-0.4, -0.2) is 33.6 Å². The van der Waals surface area contributed by atoms with Crippen LogP contribution in [0.3, 0.4) is 0 Å². The molecule has 2 N–H and O–H groups in total. The lowest BCUT2D eigenvalue weighted by molar-refractivity contribution is -0.0815. The Morgan fingerprint density at radius 3 is 2.62 bits per heavy atom. The van der Waals surface area contributed by atoms with Crippen LogP contribution in [0.15, 0.2) is 23.1 Å². The van der Waals surface area contributed by atoms with Crippen LogP contribution in [0.4, 0.5) is 13.2 Å². The highest BCUT2D eigenvalue weighted by Gasteiger charge is 2.50. The fraction of sp³-hybridized carbons (Fsp3) is 0.409. The van der Waals surface area contributed by atoms with Crippen LogP contribution in [0, 0.1) is 29.3 Å². The number of ketones is 1. The number of carbonyl (C=O) groups excluding carboxylic acids is 2. The van der Waals surface area contributed by atoms with Crippen LogP contribution in [0.2, 0.25) is 0 Å². The van der Waals surface area contributed by atoms with Crippen LogP contribution >= 0.6 is 0 Å². The smallest absolute Gasteiger partial charge is 0.257 e. The van der Waals surface area contributed by atoms with Crippen molar-refractivity contribution in [2.75, 3.05) is 0 Å². The number of halogens is 3. The van der Waals surface area contributed by atoms with Gasteiger partial charge in [0, 0.05) is 37.0 Å². The quantitative estimate of drug-likeness (QED) is 0.751. The first-order valence-electron chi connectivity index (χ1n) is 10.3. The van der Waals surface area contributed by atoms with Crippen molar-refractivity contribution in [3.63, 3.8) is 0 Å². The number of nitrogens with one attached hydrogen (secondary N) is 1. The van der Waals surface area contributed by atoms with Crippen LogP contribution in [0.25, 0.3) is 0 Å². The lowest BCUT2D eigenvalue weighted by Gasteiger charge is -2.40. The van der Waals surface area contributed by atoms with Crippen molar-refractivity contribution in [1.82, 2.24) is 9.88 Å². The van der Waals surface area contributed by atoms with E-state index in [4.69, 9.17) is 4.74 Å². The Morgan fingerprint density at radius 2 is 1.91 bits per heavy atom. The number of aromatic hydroxyl groups is 1. The molecule has 2 bridgehead atoms. The number of pyridine rings is 1. The van der Waals surface area contributed by atoms with Crippen molar-refractivity contribution >= 4 is 11.7 Å². The molecule has 168 valence electrons. The summed E-state index contributed by atoms with van der Waals surface area (Å²) in [6, 6.07) is 0.951. The van der Waals surface area contributed by atoms with Gasteiger partial charge in [0.25, 0.3) is 5.91 Å². The molecular formula is C22H19F3N2O5. The van der Waals surface area contributed by atoms with Crippen LogP contribution < -0.4 is 10.7 Å². The van der Waals surface area contributed by atoms with Gasteiger partial charge in [0.2, 0.25) is 5.43 Å². The third-order valence-electron chi connectivity index (χ3n) is 6.65. The summed E-state index contributed by atoms with van der Waals surface area (Å²) in [5.74, 6) is -6.00. The Labute approximate surface area is 179 Å². The standard InChI is InChI=1S/C22H19F3N2O5/c23-10-4-14(24)12(15(25)5-10)6-26-22(31)13-7-27-8-16-17(9-1-2-11(3-9)32-16)20(29)18(27)21(30)19(13)28/h4-5,7,9,11,16-17,30H,1-3,6,8H2,(H,26,31)/t9-,11+,16+,17?/m0/s1. The van der Waals surface area contributed by atoms with E-state index in [-0.39, 0.29) is 30.0 Å². The van der Waals surface area contributed by atoms with E-state index in [1.54, 1.807) is 0 Å². The van der Waals surface area contributed by atoms with Gasteiger partial charge in [-0.15, -0.1) is 0 Å². The second kappa shape index (κ2) is 7.47. The van der Waals surface area contributed by atoms with Gasteiger partial charge in [-0.25, -0.2) is 13.2 Å². The van der Waals surface area contributed by atoms with Crippen molar-refractivity contribution in [1.29, 1.82) is 0 Å². The zero-order chi connectivity index (χ0) is 22.7. The molecular weight excluding hydrogens is 429 g/mol. The van der Waals surface area contributed by atoms with Crippen molar-refractivity contribution in [2.24, 2.45) is 11.8 Å². The Balaban J connectivity index is 1.44. The van der Waals surface area contributed by atoms with Crippen molar-refractivity contribution in [3.8, 4) is 5.75 Å². The monoisotopic (exact) mass is 448 g/mol. The molecule has 1 amide bonds. The molecule has 10 heteroatoms. The van der Waals surface area contributed by atoms with E-state index in [1.165, 1.54) is 4.57 Å². The highest BCUT2D eigenvalue weighted by atomic mass is 19.1. The number of nitrogens with zero attached hydrogens (tertiary/aromatic N) is 1. The van der Waals surface area contributed by atoms with Gasteiger partial charge < -0.3 is 19.7 Å². The zero-order valence-electron chi connectivity index (χ0n) is 16.7. The SMILES string of the molecule is O=C(NCc1c(F)cc(F)cc1F)c1cn2c(c(O)c1=O)C(=O)C1[C@H]3CC[C@H](C3)O[C@@H]1C2. The lowest BCUT2D eigenvalue weighted by Crippen LogP contribution is -2.48. The topological polar surface area (TPSA) is 97.6 Å². The van der Waals surface area contributed by atoms with Crippen LogP contribution in [-0.2, 0) is 17.8 Å². The van der Waals surface area contributed by atoms with E-state index in [0.717, 1.165) is 25.5 Å². The molecule has 1 unspecified atom stereocenters. The van der Waals surface area contributed by atoms with E-state index in [1.807, 2.05) is 0 Å². The van der Waals surface area contributed by atoms with Gasteiger partial charge in [-0.05, 0) is 25.2 Å². The molecule has 3 aliphatic rings. The number of benzene rings is 1. The summed E-state index contributed by atoms with van der Waals surface area (Å²) in [5, 5.41) is 12.7. The van der Waals surface area contributed by atoms with Crippen LogP contribution in [0.5, 0.6) is 5.75 Å². The maximum absolute atomic E-state index is 13.8. The number of Topliss-reactive ketones (excluding diaryl/α,β-unsaturated/α-hetero) is 1. The molecule has 1 saturated heterocycles. The summed E-state index contributed by atoms with van der Waals surface area (Å²) < 4.78 is 48.0. The highest BCUT2D eigenvalue weighted by Crippen LogP contribution is 2.45. The van der Waals surface area contributed by atoms with Gasteiger partial charge in [0.1, 0.15) is 28.7 Å². The molecule has 7 nitrogen and oxygen atoms in total. The van der Waals surface area contributed by atoms with E-state index >= 15 is 0 Å². The van der Waals surface area contributed by atoms with Crippen molar-refractivity contribution < 1.29 is 32.6 Å². The minimum Gasteiger partial charge on any atom is -0.503 e. The molecule has 0 spiro atoms. The molecule has 1 saturated carbocycles. The molecule has 4 atom stereocenters. The molecule has 3 heterocycles. The molecule has 5 rings (SSSR count). The second-order valence-corrected chi connectivity index (χ2v) is 8.51. The van der Waals surface area contributed by atoms with Crippen molar-refractivity contribution in [2.45, 2.75) is 44.6 Å². The Hall–Kier alpha value is -3.14. The lowest BCUT2D eigenvalue weighted by atomic mass is 9.78. The molecule has 0 radical (unpaired) electrons. The predicted molar refractivity (Wildman–Crippen MR) is 104 cm³/mol. The molecule has 2 fully saturated rings. The Bertz CT molecular complexity index is 1190. The molecule has 2 aliphatic heterocycles. The molecule has 1 aromatic heterocycles. The van der Waals surface area contributed by atoms with Crippen LogP contribution in [0.1, 0.15) is 45.7 Å². The van der Waals surface area contributed by atoms with Gasteiger partial charge in [0.15, 0.2) is 11.5 Å². The summed E-state index contributed by atoms with van der Waals surface area (Å²) in [6.07, 6.45) is 3.29. The minimum atomic E-state index is -1.19.